The maximum atomic E-state index is 5.69. The van der Waals surface area contributed by atoms with Crippen LogP contribution < -0.4 is 5.73 Å². The molecular formula is C14H28N4O3. The molecule has 21 heavy (non-hydrogen) atoms. The Bertz CT molecular complexity index is 358. The van der Waals surface area contributed by atoms with Crippen LogP contribution in [0.15, 0.2) is 6.33 Å². The van der Waals surface area contributed by atoms with Crippen molar-refractivity contribution in [1.82, 2.24) is 14.8 Å². The Morgan fingerprint density at radius 1 is 1.10 bits per heavy atom. The first-order valence-electron chi connectivity index (χ1n) is 7.62. The number of hydrogen-bond donors (Lipinski definition) is 1. The molecule has 0 radical (unpaired) electrons. The molecule has 0 saturated carbocycles. The molecule has 0 fully saturated rings. The van der Waals surface area contributed by atoms with Crippen molar-refractivity contribution in [3.05, 3.63) is 12.2 Å². The molecule has 0 saturated heterocycles. The SMILES string of the molecule is CCCCOCCOCCOCCn1cnc(C(C)N)n1. The van der Waals surface area contributed by atoms with E-state index >= 15 is 0 Å². The van der Waals surface area contributed by atoms with E-state index in [1.807, 2.05) is 6.92 Å². The van der Waals surface area contributed by atoms with Gasteiger partial charge in [-0.3, -0.25) is 4.68 Å². The number of nitrogens with two attached hydrogens (primary N) is 1. The summed E-state index contributed by atoms with van der Waals surface area (Å²) in [4.78, 5) is 4.12. The summed E-state index contributed by atoms with van der Waals surface area (Å²) in [5, 5.41) is 4.25. The van der Waals surface area contributed by atoms with Crippen molar-refractivity contribution in [3.8, 4) is 0 Å². The molecule has 1 aromatic rings. The van der Waals surface area contributed by atoms with Gasteiger partial charge in [0.05, 0.1) is 45.6 Å². The van der Waals surface area contributed by atoms with Gasteiger partial charge in [0, 0.05) is 6.61 Å². The van der Waals surface area contributed by atoms with Crippen LogP contribution in [-0.4, -0.2) is 54.4 Å². The Morgan fingerprint density at radius 2 is 1.71 bits per heavy atom. The summed E-state index contributed by atoms with van der Waals surface area (Å²) in [6.45, 7) is 8.50. The minimum absolute atomic E-state index is 0.139. The average Bonchev–Trinajstić information content (AvgIpc) is 2.94. The van der Waals surface area contributed by atoms with E-state index in [0.717, 1.165) is 19.4 Å². The summed E-state index contributed by atoms with van der Waals surface area (Å²) in [6, 6.07) is -0.139. The molecule has 0 spiro atoms. The number of unbranched alkanes of at least 4 members (excludes halogenated alkanes) is 1. The first-order valence-corrected chi connectivity index (χ1v) is 7.62. The average molecular weight is 300 g/mol. The van der Waals surface area contributed by atoms with Crippen molar-refractivity contribution < 1.29 is 14.2 Å². The van der Waals surface area contributed by atoms with Gasteiger partial charge in [-0.2, -0.15) is 5.10 Å². The molecule has 1 aromatic heterocycles. The second-order valence-corrected chi connectivity index (χ2v) is 4.85. The molecule has 7 nitrogen and oxygen atoms in total. The molecule has 1 atom stereocenters. The smallest absolute Gasteiger partial charge is 0.166 e. The summed E-state index contributed by atoms with van der Waals surface area (Å²) >= 11 is 0. The highest BCUT2D eigenvalue weighted by Crippen LogP contribution is 2.00. The summed E-state index contributed by atoms with van der Waals surface area (Å²) < 4.78 is 18.0. The van der Waals surface area contributed by atoms with Crippen LogP contribution in [0.5, 0.6) is 0 Å². The lowest BCUT2D eigenvalue weighted by molar-refractivity contribution is 0.0123. The Balaban J connectivity index is 1.88. The van der Waals surface area contributed by atoms with Crippen molar-refractivity contribution in [1.29, 1.82) is 0 Å². The van der Waals surface area contributed by atoms with Gasteiger partial charge in [-0.1, -0.05) is 13.3 Å². The van der Waals surface area contributed by atoms with Crippen LogP contribution in [0.25, 0.3) is 0 Å². The van der Waals surface area contributed by atoms with E-state index in [1.54, 1.807) is 11.0 Å². The van der Waals surface area contributed by atoms with Crippen molar-refractivity contribution in [2.75, 3.05) is 39.6 Å². The standard InChI is InChI=1S/C14H28N4O3/c1-3-4-6-19-8-10-21-11-9-20-7-5-18-12-16-14(17-18)13(2)15/h12-13H,3-11,15H2,1-2H3. The molecule has 7 heteroatoms. The van der Waals surface area contributed by atoms with Crippen LogP contribution in [-0.2, 0) is 20.8 Å². The Kier molecular flexibility index (Phi) is 9.98. The molecule has 0 bridgehead atoms. The van der Waals surface area contributed by atoms with Gasteiger partial charge in [0.1, 0.15) is 6.33 Å². The lowest BCUT2D eigenvalue weighted by Gasteiger charge is -2.06. The molecule has 1 rings (SSSR count). The van der Waals surface area contributed by atoms with E-state index in [9.17, 15) is 0 Å². The molecule has 0 aliphatic heterocycles. The van der Waals surface area contributed by atoms with E-state index < -0.39 is 0 Å². The Morgan fingerprint density at radius 3 is 2.29 bits per heavy atom. The highest BCUT2D eigenvalue weighted by atomic mass is 16.5. The van der Waals surface area contributed by atoms with Crippen LogP contribution in [0.4, 0.5) is 0 Å². The molecule has 0 amide bonds. The first-order chi connectivity index (χ1) is 10.2. The van der Waals surface area contributed by atoms with Gasteiger partial charge in [-0.15, -0.1) is 0 Å². The molecular weight excluding hydrogens is 272 g/mol. The number of nitrogens with zero attached hydrogens (tertiary/aromatic N) is 3. The fourth-order valence-electron chi connectivity index (χ4n) is 1.57. The predicted octanol–water partition coefficient (Wildman–Crippen LogP) is 1.15. The molecule has 2 N–H and O–H groups in total. The Hall–Kier alpha value is -1.02. The van der Waals surface area contributed by atoms with Crippen LogP contribution in [0.1, 0.15) is 38.6 Å². The van der Waals surface area contributed by atoms with Crippen molar-refractivity contribution in [2.45, 2.75) is 39.3 Å². The maximum absolute atomic E-state index is 5.69. The fourth-order valence-corrected chi connectivity index (χ4v) is 1.57. The van der Waals surface area contributed by atoms with Gasteiger partial charge in [0.25, 0.3) is 0 Å². The van der Waals surface area contributed by atoms with E-state index in [0.29, 0.717) is 45.4 Å². The van der Waals surface area contributed by atoms with Crippen molar-refractivity contribution in [2.24, 2.45) is 5.73 Å². The van der Waals surface area contributed by atoms with Gasteiger partial charge in [-0.05, 0) is 13.3 Å². The third-order valence-electron chi connectivity index (χ3n) is 2.81. The number of rotatable bonds is 13. The highest BCUT2D eigenvalue weighted by molar-refractivity contribution is 4.87. The Labute approximate surface area is 126 Å². The second kappa shape index (κ2) is 11.6. The van der Waals surface area contributed by atoms with Gasteiger partial charge in [-0.25, -0.2) is 4.98 Å². The zero-order chi connectivity index (χ0) is 15.3. The van der Waals surface area contributed by atoms with E-state index in [2.05, 4.69) is 17.0 Å². The topological polar surface area (TPSA) is 84.4 Å². The molecule has 0 aliphatic rings. The molecule has 122 valence electrons. The van der Waals surface area contributed by atoms with E-state index in [1.165, 1.54) is 0 Å². The van der Waals surface area contributed by atoms with Crippen LogP contribution in [0, 0.1) is 0 Å². The zero-order valence-electron chi connectivity index (χ0n) is 13.2. The van der Waals surface area contributed by atoms with E-state index in [-0.39, 0.29) is 6.04 Å². The monoisotopic (exact) mass is 300 g/mol. The van der Waals surface area contributed by atoms with Crippen LogP contribution in [0.3, 0.4) is 0 Å². The summed E-state index contributed by atoms with van der Waals surface area (Å²) in [5.74, 6) is 0.654. The lowest BCUT2D eigenvalue weighted by atomic mass is 10.4. The number of hydrogen-bond acceptors (Lipinski definition) is 6. The molecule has 1 heterocycles. The van der Waals surface area contributed by atoms with Crippen molar-refractivity contribution in [3.63, 3.8) is 0 Å². The van der Waals surface area contributed by atoms with Gasteiger partial charge >= 0.3 is 0 Å². The normalized spacial score (nSPS) is 12.7. The quantitative estimate of drug-likeness (QED) is 0.550. The molecule has 0 aromatic carbocycles. The second-order valence-electron chi connectivity index (χ2n) is 4.85. The van der Waals surface area contributed by atoms with Crippen molar-refractivity contribution >= 4 is 0 Å². The largest absolute Gasteiger partial charge is 0.379 e. The third-order valence-corrected chi connectivity index (χ3v) is 2.81. The van der Waals surface area contributed by atoms with Gasteiger partial charge in [0.2, 0.25) is 0 Å². The van der Waals surface area contributed by atoms with E-state index in [4.69, 9.17) is 19.9 Å². The number of ether oxygens (including phenoxy) is 3. The van der Waals surface area contributed by atoms with Crippen LogP contribution in [0.2, 0.25) is 0 Å². The third kappa shape index (κ3) is 8.77. The highest BCUT2D eigenvalue weighted by Gasteiger charge is 2.04. The summed E-state index contributed by atoms with van der Waals surface area (Å²) in [7, 11) is 0. The predicted molar refractivity (Wildman–Crippen MR) is 80.0 cm³/mol. The minimum Gasteiger partial charge on any atom is -0.379 e. The van der Waals surface area contributed by atoms with Crippen LogP contribution >= 0.6 is 0 Å². The van der Waals surface area contributed by atoms with Gasteiger partial charge < -0.3 is 19.9 Å². The first kappa shape index (κ1) is 18.0. The van der Waals surface area contributed by atoms with Gasteiger partial charge in [0.15, 0.2) is 5.82 Å². The fraction of sp³-hybridized carbons (Fsp3) is 0.857. The minimum atomic E-state index is -0.139. The molecule has 1 unspecified atom stereocenters. The summed E-state index contributed by atoms with van der Waals surface area (Å²) in [6.07, 6.45) is 3.94. The summed E-state index contributed by atoms with van der Waals surface area (Å²) in [5.41, 5.74) is 5.69. The number of aromatic nitrogens is 3. The zero-order valence-corrected chi connectivity index (χ0v) is 13.2. The lowest BCUT2D eigenvalue weighted by Crippen LogP contribution is -2.13. The molecule has 0 aliphatic carbocycles. The maximum Gasteiger partial charge on any atom is 0.166 e.